The highest BCUT2D eigenvalue weighted by Gasteiger charge is 2.38. The number of sulfonamides is 1. The summed E-state index contributed by atoms with van der Waals surface area (Å²) in [6.45, 7) is 1.95. The molecule has 1 aliphatic rings. The largest absolute Gasteiger partial charge is 0.492 e. The van der Waals surface area contributed by atoms with Gasteiger partial charge in [0.2, 0.25) is 18.9 Å². The minimum atomic E-state index is -4.09. The van der Waals surface area contributed by atoms with Crippen molar-refractivity contribution in [1.29, 1.82) is 5.26 Å². The molecular weight excluding hydrogens is 539 g/mol. The molecule has 35 heavy (non-hydrogen) atoms. The van der Waals surface area contributed by atoms with Gasteiger partial charge in [0.1, 0.15) is 22.9 Å². The number of halogens is 2. The van der Waals surface area contributed by atoms with Gasteiger partial charge in [-0.25, -0.2) is 21.2 Å². The van der Waals surface area contributed by atoms with Crippen molar-refractivity contribution in [2.24, 2.45) is 0 Å². The number of aromatic nitrogens is 1. The zero-order valence-corrected chi connectivity index (χ0v) is 21.3. The van der Waals surface area contributed by atoms with E-state index >= 15 is 0 Å². The van der Waals surface area contributed by atoms with Crippen LogP contribution in [0.2, 0.25) is 5.02 Å². The van der Waals surface area contributed by atoms with Crippen LogP contribution in [0.5, 0.6) is 5.75 Å². The molecule has 0 bridgehead atoms. The number of fused-ring (bicyclic) bond motifs is 1. The van der Waals surface area contributed by atoms with Crippen LogP contribution in [0.15, 0.2) is 36.5 Å². The van der Waals surface area contributed by atoms with Gasteiger partial charge in [-0.15, -0.1) is 0 Å². The molecule has 1 unspecified atom stereocenters. The number of anilines is 3. The van der Waals surface area contributed by atoms with Crippen LogP contribution in [0.4, 0.5) is 21.5 Å². The molecule has 0 aliphatic carbocycles. The number of rotatable bonds is 7. The first-order valence-corrected chi connectivity index (χ1v) is 15.2. The minimum absolute atomic E-state index is 0.0609. The molecule has 2 N–H and O–H groups in total. The first kappa shape index (κ1) is 25.3. The second-order valence-corrected chi connectivity index (χ2v) is 14.1. The summed E-state index contributed by atoms with van der Waals surface area (Å²) in [6, 6.07) is 8.94. The summed E-state index contributed by atoms with van der Waals surface area (Å²) in [5.74, 6) is -1.01. The second-order valence-electron chi connectivity index (χ2n) is 7.49. The van der Waals surface area contributed by atoms with E-state index in [4.69, 9.17) is 16.3 Å². The van der Waals surface area contributed by atoms with E-state index in [-0.39, 0.29) is 34.4 Å². The number of ether oxygens (including phenoxy) is 1. The van der Waals surface area contributed by atoms with Crippen LogP contribution in [0.25, 0.3) is 10.9 Å². The average molecular weight is 557 g/mol. The van der Waals surface area contributed by atoms with Gasteiger partial charge in [0.15, 0.2) is 0 Å². The van der Waals surface area contributed by atoms with Crippen molar-refractivity contribution >= 4 is 69.3 Å². The molecule has 1 fully saturated rings. The van der Waals surface area contributed by atoms with E-state index in [0.29, 0.717) is 33.1 Å². The Morgan fingerprint density at radius 1 is 1.34 bits per heavy atom. The highest BCUT2D eigenvalue weighted by Crippen LogP contribution is 2.38. The molecule has 9 nitrogen and oxygen atoms in total. The molecule has 184 valence electrons. The first-order chi connectivity index (χ1) is 16.5. The number of nitrogens with one attached hydrogen (secondary N) is 2. The van der Waals surface area contributed by atoms with Gasteiger partial charge in [0.05, 0.1) is 39.8 Å². The quantitative estimate of drug-likeness (QED) is 0.409. The van der Waals surface area contributed by atoms with E-state index in [1.54, 1.807) is 6.92 Å². The van der Waals surface area contributed by atoms with E-state index < -0.39 is 35.7 Å². The molecule has 14 heteroatoms. The number of pyridine rings is 1. The number of hydrogen-bond donors (Lipinski definition) is 2. The summed E-state index contributed by atoms with van der Waals surface area (Å²) in [7, 11) is -7.00. The summed E-state index contributed by atoms with van der Waals surface area (Å²) in [5.41, 5.74) is 1.29. The van der Waals surface area contributed by atoms with Crippen molar-refractivity contribution in [3.8, 4) is 11.8 Å². The van der Waals surface area contributed by atoms with E-state index in [2.05, 4.69) is 15.0 Å². The van der Waals surface area contributed by atoms with Crippen LogP contribution in [0.1, 0.15) is 12.5 Å². The Hall–Kier alpha value is -2.79. The summed E-state index contributed by atoms with van der Waals surface area (Å²) in [5, 5.41) is 11.8. The molecule has 0 saturated carbocycles. The van der Waals surface area contributed by atoms with Gasteiger partial charge >= 0.3 is 0 Å². The SMILES string of the molecule is CCOc1cc2ncc(C#N)c(Nc3ccc(F)c(Cl)c3)c2cc1NS(=O)(=O)C1CSS(=O)(=O)C1. The molecule has 4 rings (SSSR count). The van der Waals surface area contributed by atoms with Crippen molar-refractivity contribution in [2.45, 2.75) is 12.2 Å². The smallest absolute Gasteiger partial charge is 0.237 e. The molecule has 1 atom stereocenters. The molecule has 2 aromatic carbocycles. The minimum Gasteiger partial charge on any atom is -0.492 e. The summed E-state index contributed by atoms with van der Waals surface area (Å²) < 4.78 is 71.2. The van der Waals surface area contributed by atoms with Gasteiger partial charge in [-0.05, 0) is 42.0 Å². The third kappa shape index (κ3) is 5.40. The Kier molecular flexibility index (Phi) is 7.01. The van der Waals surface area contributed by atoms with Gasteiger partial charge in [0, 0.05) is 29.1 Å². The normalized spacial score (nSPS) is 17.1. The van der Waals surface area contributed by atoms with Crippen molar-refractivity contribution in [3.05, 3.63) is 52.9 Å². The predicted octanol–water partition coefficient (Wildman–Crippen LogP) is 4.23. The molecule has 1 aromatic heterocycles. The number of benzene rings is 2. The van der Waals surface area contributed by atoms with Crippen LogP contribution in [-0.4, -0.2) is 45.2 Å². The standard InChI is InChI=1S/C21H18ClFN4O5S3/c1-2-32-20-7-18-15(6-19(20)27-35(30,31)14-10-33-34(28,29)11-14)21(12(8-24)9-25-18)26-13-3-4-17(23)16(22)5-13/h3-7,9,14,27H,2,10-11H2,1H3,(H,25,26). The van der Waals surface area contributed by atoms with E-state index in [9.17, 15) is 26.5 Å². The van der Waals surface area contributed by atoms with E-state index in [0.717, 1.165) is 0 Å². The molecular formula is C21H18ClFN4O5S3. The van der Waals surface area contributed by atoms with E-state index in [1.807, 2.05) is 6.07 Å². The van der Waals surface area contributed by atoms with Gasteiger partial charge in [-0.1, -0.05) is 11.6 Å². The fourth-order valence-corrected chi connectivity index (χ4v) is 10.1. The lowest BCUT2D eigenvalue weighted by atomic mass is 10.1. The number of hydrogen-bond acceptors (Lipinski definition) is 9. The van der Waals surface area contributed by atoms with Gasteiger partial charge in [-0.3, -0.25) is 9.71 Å². The van der Waals surface area contributed by atoms with Crippen LogP contribution in [-0.2, 0) is 18.9 Å². The molecule has 1 aliphatic heterocycles. The zero-order chi connectivity index (χ0) is 25.4. The van der Waals surface area contributed by atoms with Crippen molar-refractivity contribution < 1.29 is 26.0 Å². The summed E-state index contributed by atoms with van der Waals surface area (Å²) in [4.78, 5) is 4.27. The molecule has 0 spiro atoms. The lowest BCUT2D eigenvalue weighted by Crippen LogP contribution is -2.31. The Labute approximate surface area is 210 Å². The van der Waals surface area contributed by atoms with Crippen LogP contribution < -0.4 is 14.8 Å². The maximum Gasteiger partial charge on any atom is 0.237 e. The van der Waals surface area contributed by atoms with Crippen molar-refractivity contribution in [1.82, 2.24) is 4.98 Å². The van der Waals surface area contributed by atoms with Crippen LogP contribution >= 0.6 is 22.4 Å². The lowest BCUT2D eigenvalue weighted by molar-refractivity contribution is 0.342. The van der Waals surface area contributed by atoms with Gasteiger partial charge in [-0.2, -0.15) is 5.26 Å². The fraction of sp³-hybridized carbons (Fsp3) is 0.238. The molecule has 1 saturated heterocycles. The Morgan fingerprint density at radius 3 is 2.74 bits per heavy atom. The second kappa shape index (κ2) is 9.69. The molecule has 3 aromatic rings. The molecule has 2 heterocycles. The zero-order valence-electron chi connectivity index (χ0n) is 18.1. The van der Waals surface area contributed by atoms with Gasteiger partial charge < -0.3 is 10.1 Å². The Balaban J connectivity index is 1.82. The fourth-order valence-electron chi connectivity index (χ4n) is 3.43. The van der Waals surface area contributed by atoms with Crippen molar-refractivity contribution in [3.63, 3.8) is 0 Å². The lowest BCUT2D eigenvalue weighted by Gasteiger charge is -2.18. The maximum atomic E-state index is 13.6. The highest BCUT2D eigenvalue weighted by atomic mass is 35.5. The maximum absolute atomic E-state index is 13.6. The van der Waals surface area contributed by atoms with Crippen molar-refractivity contribution in [2.75, 3.05) is 28.2 Å². The summed E-state index contributed by atoms with van der Waals surface area (Å²) in [6.07, 6.45) is 1.34. The van der Waals surface area contributed by atoms with Gasteiger partial charge in [0.25, 0.3) is 0 Å². The molecule has 0 amide bonds. The molecule has 0 radical (unpaired) electrons. The third-order valence-corrected chi connectivity index (χ3v) is 11.1. The Bertz CT molecular complexity index is 1580. The highest BCUT2D eigenvalue weighted by molar-refractivity contribution is 8.72. The number of nitriles is 1. The summed E-state index contributed by atoms with van der Waals surface area (Å²) >= 11 is 5.88. The number of nitrogens with zero attached hydrogens (tertiary/aromatic N) is 2. The predicted molar refractivity (Wildman–Crippen MR) is 135 cm³/mol. The Morgan fingerprint density at radius 2 is 2.11 bits per heavy atom. The first-order valence-electron chi connectivity index (χ1n) is 10.1. The van der Waals surface area contributed by atoms with Crippen LogP contribution in [0.3, 0.4) is 0 Å². The average Bonchev–Trinajstić information content (AvgIpc) is 3.18. The van der Waals surface area contributed by atoms with Crippen LogP contribution in [0, 0.1) is 17.1 Å². The van der Waals surface area contributed by atoms with E-state index in [1.165, 1.54) is 36.5 Å². The third-order valence-electron chi connectivity index (χ3n) is 5.09. The monoisotopic (exact) mass is 556 g/mol. The topological polar surface area (TPSA) is 138 Å².